The first-order valence-corrected chi connectivity index (χ1v) is 9.59. The Morgan fingerprint density at radius 1 is 1.08 bits per heavy atom. The first-order valence-electron chi connectivity index (χ1n) is 7.47. The molecule has 0 aliphatic carbocycles. The molecule has 1 heterocycles. The molecule has 3 aromatic rings. The van der Waals surface area contributed by atoms with Gasteiger partial charge < -0.3 is 9.88 Å². The summed E-state index contributed by atoms with van der Waals surface area (Å²) in [6.45, 7) is 0. The van der Waals surface area contributed by atoms with E-state index >= 15 is 0 Å². The number of nitrogens with zero attached hydrogens (tertiary/aromatic N) is 3. The Hall–Kier alpha value is -1.73. The summed E-state index contributed by atoms with van der Waals surface area (Å²) in [6, 6.07) is 12.3. The Morgan fingerprint density at radius 2 is 1.85 bits per heavy atom. The van der Waals surface area contributed by atoms with Gasteiger partial charge in [-0.1, -0.05) is 58.7 Å². The lowest BCUT2D eigenvalue weighted by Gasteiger charge is -2.07. The second-order valence-electron chi connectivity index (χ2n) is 5.31. The molecule has 0 saturated carbocycles. The number of anilines is 1. The molecular formula is C17H13Cl3N4OS. The van der Waals surface area contributed by atoms with E-state index in [1.54, 1.807) is 41.0 Å². The van der Waals surface area contributed by atoms with Crippen molar-refractivity contribution in [1.82, 2.24) is 14.8 Å². The minimum atomic E-state index is -0.179. The van der Waals surface area contributed by atoms with E-state index in [2.05, 4.69) is 15.5 Å². The highest BCUT2D eigenvalue weighted by Crippen LogP contribution is 2.29. The highest BCUT2D eigenvalue weighted by Gasteiger charge is 2.14. The number of hydrogen-bond donors (Lipinski definition) is 1. The van der Waals surface area contributed by atoms with Crippen LogP contribution in [0.4, 0.5) is 5.69 Å². The van der Waals surface area contributed by atoms with Crippen molar-refractivity contribution in [2.24, 2.45) is 7.05 Å². The van der Waals surface area contributed by atoms with Crippen LogP contribution in [0.25, 0.3) is 11.4 Å². The zero-order chi connectivity index (χ0) is 18.7. The van der Waals surface area contributed by atoms with E-state index < -0.39 is 0 Å². The van der Waals surface area contributed by atoms with Crippen molar-refractivity contribution in [3.05, 3.63) is 57.5 Å². The van der Waals surface area contributed by atoms with Crippen LogP contribution in [0.2, 0.25) is 15.1 Å². The van der Waals surface area contributed by atoms with Crippen LogP contribution in [0.15, 0.2) is 47.6 Å². The first kappa shape index (κ1) is 19.0. The molecule has 0 radical (unpaired) electrons. The van der Waals surface area contributed by atoms with Crippen LogP contribution in [0.3, 0.4) is 0 Å². The lowest BCUT2D eigenvalue weighted by Crippen LogP contribution is -2.14. The predicted molar refractivity (Wildman–Crippen MR) is 107 cm³/mol. The van der Waals surface area contributed by atoms with Crippen LogP contribution in [0.1, 0.15) is 0 Å². The summed E-state index contributed by atoms with van der Waals surface area (Å²) in [5.41, 5.74) is 1.37. The fraction of sp³-hybridized carbons (Fsp3) is 0.118. The molecule has 0 aliphatic rings. The fourth-order valence-electron chi connectivity index (χ4n) is 2.21. The molecule has 0 bridgehead atoms. The topological polar surface area (TPSA) is 59.8 Å². The molecule has 0 atom stereocenters. The molecule has 1 amide bonds. The Kier molecular flexibility index (Phi) is 6.09. The van der Waals surface area contributed by atoms with Crippen LogP contribution in [-0.4, -0.2) is 26.4 Å². The molecule has 134 valence electrons. The Labute approximate surface area is 169 Å². The number of hydrogen-bond acceptors (Lipinski definition) is 4. The van der Waals surface area contributed by atoms with Gasteiger partial charge in [0.05, 0.1) is 26.5 Å². The molecule has 0 spiro atoms. The number of benzene rings is 2. The number of halogens is 3. The zero-order valence-electron chi connectivity index (χ0n) is 13.5. The van der Waals surface area contributed by atoms with Gasteiger partial charge in [0.15, 0.2) is 11.0 Å². The average Bonchev–Trinajstić information content (AvgIpc) is 2.98. The van der Waals surface area contributed by atoms with Crippen molar-refractivity contribution >= 4 is 58.2 Å². The Morgan fingerprint density at radius 3 is 2.58 bits per heavy atom. The molecular weight excluding hydrogens is 415 g/mol. The van der Waals surface area contributed by atoms with Gasteiger partial charge in [-0.25, -0.2) is 0 Å². The van der Waals surface area contributed by atoms with E-state index in [1.807, 2.05) is 13.1 Å². The molecule has 2 aromatic carbocycles. The number of thioether (sulfide) groups is 1. The number of nitrogens with one attached hydrogen (secondary N) is 1. The summed E-state index contributed by atoms with van der Waals surface area (Å²) < 4.78 is 1.80. The fourth-order valence-corrected chi connectivity index (χ4v) is 3.40. The molecule has 0 fully saturated rings. The molecule has 3 rings (SSSR count). The lowest BCUT2D eigenvalue weighted by molar-refractivity contribution is -0.113. The Bertz CT molecular complexity index is 961. The summed E-state index contributed by atoms with van der Waals surface area (Å²) in [5, 5.41) is 13.1. The van der Waals surface area contributed by atoms with Crippen molar-refractivity contribution in [1.29, 1.82) is 0 Å². The van der Waals surface area contributed by atoms with Gasteiger partial charge in [0, 0.05) is 12.6 Å². The van der Waals surface area contributed by atoms with Gasteiger partial charge in [0.25, 0.3) is 0 Å². The van der Waals surface area contributed by atoms with Crippen molar-refractivity contribution in [3.63, 3.8) is 0 Å². The zero-order valence-corrected chi connectivity index (χ0v) is 16.6. The molecule has 1 N–H and O–H groups in total. The number of rotatable bonds is 5. The molecule has 1 aromatic heterocycles. The second kappa shape index (κ2) is 8.31. The maximum Gasteiger partial charge on any atom is 0.234 e. The van der Waals surface area contributed by atoms with E-state index in [-0.39, 0.29) is 11.7 Å². The van der Waals surface area contributed by atoms with Gasteiger partial charge in [-0.05, 0) is 30.3 Å². The third-order valence-electron chi connectivity index (χ3n) is 3.49. The minimum Gasteiger partial charge on any atom is -0.324 e. The first-order chi connectivity index (χ1) is 12.5. The Balaban J connectivity index is 1.68. The molecule has 0 unspecified atom stereocenters. The number of aromatic nitrogens is 3. The lowest BCUT2D eigenvalue weighted by atomic mass is 10.2. The third kappa shape index (κ3) is 4.32. The van der Waals surface area contributed by atoms with Crippen LogP contribution in [-0.2, 0) is 11.8 Å². The third-order valence-corrected chi connectivity index (χ3v) is 5.58. The van der Waals surface area contributed by atoms with Crippen molar-refractivity contribution in [2.45, 2.75) is 5.16 Å². The largest absolute Gasteiger partial charge is 0.324 e. The van der Waals surface area contributed by atoms with Crippen molar-refractivity contribution in [3.8, 4) is 11.4 Å². The quantitative estimate of drug-likeness (QED) is 0.570. The van der Waals surface area contributed by atoms with Gasteiger partial charge >= 0.3 is 0 Å². The smallest absolute Gasteiger partial charge is 0.234 e. The van der Waals surface area contributed by atoms with Crippen LogP contribution < -0.4 is 5.32 Å². The maximum atomic E-state index is 12.1. The highest BCUT2D eigenvalue weighted by atomic mass is 35.5. The van der Waals surface area contributed by atoms with Crippen molar-refractivity contribution < 1.29 is 4.79 Å². The van der Waals surface area contributed by atoms with Gasteiger partial charge in [-0.15, -0.1) is 10.2 Å². The number of carbonyl (C=O) groups is 1. The number of para-hydroxylation sites is 1. The summed E-state index contributed by atoms with van der Waals surface area (Å²) in [7, 11) is 1.83. The average molecular weight is 428 g/mol. The summed E-state index contributed by atoms with van der Waals surface area (Å²) in [4.78, 5) is 12.1. The normalized spacial score (nSPS) is 10.8. The predicted octanol–water partition coefficient (Wildman–Crippen LogP) is 5.17. The van der Waals surface area contributed by atoms with E-state index in [0.717, 1.165) is 5.56 Å². The summed E-state index contributed by atoms with van der Waals surface area (Å²) in [5.74, 6) is 0.637. The van der Waals surface area contributed by atoms with Crippen LogP contribution >= 0.6 is 46.6 Å². The van der Waals surface area contributed by atoms with Gasteiger partial charge in [0.2, 0.25) is 5.91 Å². The van der Waals surface area contributed by atoms with E-state index in [1.165, 1.54) is 11.8 Å². The molecule has 0 saturated heterocycles. The van der Waals surface area contributed by atoms with E-state index in [9.17, 15) is 4.79 Å². The van der Waals surface area contributed by atoms with Crippen molar-refractivity contribution in [2.75, 3.05) is 11.1 Å². The highest BCUT2D eigenvalue weighted by molar-refractivity contribution is 7.99. The molecule has 26 heavy (non-hydrogen) atoms. The summed E-state index contributed by atoms with van der Waals surface area (Å²) in [6.07, 6.45) is 0. The SMILES string of the molecule is Cn1c(SCC(=O)Nc2ccccc2Cl)nnc1-c1ccc(Cl)c(Cl)c1. The van der Waals surface area contributed by atoms with Gasteiger partial charge in [-0.3, -0.25) is 4.79 Å². The molecule has 5 nitrogen and oxygen atoms in total. The van der Waals surface area contributed by atoms with E-state index in [4.69, 9.17) is 34.8 Å². The minimum absolute atomic E-state index is 0.179. The second-order valence-corrected chi connectivity index (χ2v) is 7.47. The maximum absolute atomic E-state index is 12.1. The molecule has 9 heteroatoms. The van der Waals surface area contributed by atoms with Crippen LogP contribution in [0.5, 0.6) is 0 Å². The van der Waals surface area contributed by atoms with E-state index in [0.29, 0.717) is 31.7 Å². The van der Waals surface area contributed by atoms with Gasteiger partial charge in [-0.2, -0.15) is 0 Å². The standard InChI is InChI=1S/C17H13Cl3N4OS/c1-24-16(10-6-7-11(18)13(20)8-10)22-23-17(24)26-9-15(25)21-14-5-3-2-4-12(14)19/h2-8H,9H2,1H3,(H,21,25). The van der Waals surface area contributed by atoms with Crippen LogP contribution in [0, 0.1) is 0 Å². The number of amides is 1. The number of carbonyl (C=O) groups excluding carboxylic acids is 1. The molecule has 0 aliphatic heterocycles. The van der Waals surface area contributed by atoms with Gasteiger partial charge in [0.1, 0.15) is 0 Å². The monoisotopic (exact) mass is 426 g/mol. The summed E-state index contributed by atoms with van der Waals surface area (Å²) >= 11 is 19.3.